The van der Waals surface area contributed by atoms with E-state index in [1.165, 1.54) is 6.07 Å². The van der Waals surface area contributed by atoms with Crippen molar-refractivity contribution in [3.05, 3.63) is 73.7 Å². The number of carbonyl (C=O) groups excluding carboxylic acids is 3. The molecule has 0 aromatic heterocycles. The first-order valence-corrected chi connectivity index (χ1v) is 11.5. The van der Waals surface area contributed by atoms with Crippen LogP contribution in [-0.2, 0) is 19.1 Å². The molecule has 2 amide bonds. The minimum atomic E-state index is -1.31. The van der Waals surface area contributed by atoms with E-state index >= 15 is 0 Å². The smallest absolute Gasteiger partial charge is 0.319 e. The van der Waals surface area contributed by atoms with Crippen LogP contribution in [0.15, 0.2) is 53.1 Å². The van der Waals surface area contributed by atoms with Crippen LogP contribution < -0.4 is 10.6 Å². The second-order valence-corrected chi connectivity index (χ2v) is 9.02. The molecule has 33 heavy (non-hydrogen) atoms. The molecule has 2 atom stereocenters. The van der Waals surface area contributed by atoms with Crippen LogP contribution in [0.25, 0.3) is 0 Å². The molecule has 0 radical (unpaired) electrons. The van der Waals surface area contributed by atoms with E-state index in [9.17, 15) is 19.6 Å². The Morgan fingerprint density at radius 1 is 1.15 bits per heavy atom. The van der Waals surface area contributed by atoms with Crippen molar-refractivity contribution in [3.8, 4) is 6.07 Å². The fourth-order valence-corrected chi connectivity index (χ4v) is 4.69. The van der Waals surface area contributed by atoms with Crippen molar-refractivity contribution < 1.29 is 19.1 Å². The summed E-state index contributed by atoms with van der Waals surface area (Å²) in [6.45, 7) is 0. The topological polar surface area (TPSA) is 108 Å². The van der Waals surface area contributed by atoms with E-state index < -0.39 is 29.6 Å². The first-order chi connectivity index (χ1) is 15.8. The van der Waals surface area contributed by atoms with Gasteiger partial charge in [-0.1, -0.05) is 64.8 Å². The molecule has 0 unspecified atom stereocenters. The van der Waals surface area contributed by atoms with Gasteiger partial charge in [0.1, 0.15) is 5.92 Å². The van der Waals surface area contributed by atoms with E-state index in [2.05, 4.69) is 16.7 Å². The Morgan fingerprint density at radius 2 is 1.88 bits per heavy atom. The molecule has 1 heterocycles. The van der Waals surface area contributed by atoms with Gasteiger partial charge in [-0.2, -0.15) is 5.26 Å². The number of amides is 2. The Labute approximate surface area is 209 Å². The summed E-state index contributed by atoms with van der Waals surface area (Å²) in [5.74, 6) is -4.25. The Balaban J connectivity index is 1.89. The average molecular weight is 525 g/mol. The molecule has 170 valence electrons. The number of carbonyl (C=O) groups is 3. The van der Waals surface area contributed by atoms with Crippen LogP contribution in [0.4, 0.5) is 5.69 Å². The number of thioether (sulfide) groups is 1. The van der Waals surface area contributed by atoms with Crippen molar-refractivity contribution in [3.63, 3.8) is 0 Å². The van der Waals surface area contributed by atoms with Gasteiger partial charge in [-0.3, -0.25) is 14.4 Å². The largest absolute Gasteiger partial charge is 0.468 e. The van der Waals surface area contributed by atoms with Gasteiger partial charge in [-0.15, -0.1) is 0 Å². The van der Waals surface area contributed by atoms with Crippen LogP contribution in [-0.4, -0.2) is 30.6 Å². The molecule has 0 bridgehead atoms. The van der Waals surface area contributed by atoms with Gasteiger partial charge < -0.3 is 15.4 Å². The summed E-state index contributed by atoms with van der Waals surface area (Å²) >= 11 is 19.1. The van der Waals surface area contributed by atoms with E-state index in [1.54, 1.807) is 36.4 Å². The van der Waals surface area contributed by atoms with E-state index in [1.807, 2.05) is 0 Å². The van der Waals surface area contributed by atoms with Crippen LogP contribution in [0.3, 0.4) is 0 Å². The normalized spacial score (nSPS) is 17.7. The number of nitrogens with zero attached hydrogens (tertiary/aromatic N) is 1. The number of nitrogens with one attached hydrogen (secondary N) is 2. The zero-order valence-electron chi connectivity index (χ0n) is 17.0. The third-order valence-electron chi connectivity index (χ3n) is 4.77. The maximum atomic E-state index is 12.8. The summed E-state index contributed by atoms with van der Waals surface area (Å²) in [7, 11) is 1.16. The van der Waals surface area contributed by atoms with Crippen LogP contribution in [0, 0.1) is 17.2 Å². The monoisotopic (exact) mass is 523 g/mol. The maximum Gasteiger partial charge on any atom is 0.319 e. The third-order valence-corrected chi connectivity index (χ3v) is 6.88. The molecular weight excluding hydrogens is 509 g/mol. The van der Waals surface area contributed by atoms with Gasteiger partial charge in [0.2, 0.25) is 11.8 Å². The minimum absolute atomic E-state index is 0.102. The zero-order chi connectivity index (χ0) is 24.1. The van der Waals surface area contributed by atoms with Crippen molar-refractivity contribution in [2.45, 2.75) is 5.92 Å². The van der Waals surface area contributed by atoms with E-state index in [4.69, 9.17) is 39.5 Å². The lowest BCUT2D eigenvalue weighted by Gasteiger charge is -2.31. The molecule has 1 aliphatic rings. The molecule has 2 aromatic carbocycles. The number of allylic oxidation sites excluding steroid dienone is 1. The molecule has 11 heteroatoms. The van der Waals surface area contributed by atoms with Gasteiger partial charge in [-0.25, -0.2) is 0 Å². The number of halogens is 3. The molecule has 0 saturated carbocycles. The van der Waals surface area contributed by atoms with E-state index in [-0.39, 0.29) is 21.4 Å². The summed E-state index contributed by atoms with van der Waals surface area (Å²) in [5, 5.41) is 16.2. The number of methoxy groups -OCH3 is 1. The Hall–Kier alpha value is -2.70. The maximum absolute atomic E-state index is 12.8. The highest BCUT2D eigenvalue weighted by Gasteiger charge is 2.45. The molecule has 7 nitrogen and oxygen atoms in total. The van der Waals surface area contributed by atoms with Crippen molar-refractivity contribution in [2.75, 3.05) is 18.2 Å². The summed E-state index contributed by atoms with van der Waals surface area (Å²) in [6.07, 6.45) is 0. The Bertz CT molecular complexity index is 1200. The van der Waals surface area contributed by atoms with Gasteiger partial charge >= 0.3 is 5.97 Å². The van der Waals surface area contributed by atoms with Crippen LogP contribution >= 0.6 is 46.6 Å². The standard InChI is InChI=1S/C22H16Cl3N3O4S/c1-32-22(31)19-18(12-4-2-3-5-14(12)23)13(9-26)21(28-20(19)30)33-10-17(29)27-11-6-7-15(24)16(25)8-11/h2-8,18-19H,10H2,1H3,(H,27,29)(H,28,30)/t18-,19-/m0/s1. The summed E-state index contributed by atoms with van der Waals surface area (Å²) in [6, 6.07) is 13.3. The lowest BCUT2D eigenvalue weighted by Crippen LogP contribution is -2.44. The van der Waals surface area contributed by atoms with E-state index in [0.717, 1.165) is 18.9 Å². The number of hydrogen-bond acceptors (Lipinski definition) is 6. The SMILES string of the molecule is COC(=O)[C@@H]1C(=O)NC(SCC(=O)Nc2ccc(Cl)c(Cl)c2)=C(C#N)[C@@H]1c1ccccc1Cl. The molecule has 0 spiro atoms. The fraction of sp³-hybridized carbons (Fsp3) is 0.182. The van der Waals surface area contributed by atoms with Gasteiger partial charge in [0.25, 0.3) is 0 Å². The lowest BCUT2D eigenvalue weighted by molar-refractivity contribution is -0.150. The number of hydrogen-bond donors (Lipinski definition) is 2. The molecule has 2 N–H and O–H groups in total. The van der Waals surface area contributed by atoms with Crippen molar-refractivity contribution in [1.82, 2.24) is 5.32 Å². The third kappa shape index (κ3) is 5.63. The second kappa shape index (κ2) is 10.9. The van der Waals surface area contributed by atoms with Crippen molar-refractivity contribution in [1.29, 1.82) is 5.26 Å². The first-order valence-electron chi connectivity index (χ1n) is 9.42. The minimum Gasteiger partial charge on any atom is -0.468 e. The number of esters is 1. The molecular formula is C22H16Cl3N3O4S. The number of nitriles is 1. The van der Waals surface area contributed by atoms with Gasteiger partial charge in [0.05, 0.1) is 39.6 Å². The molecule has 0 fully saturated rings. The predicted octanol–water partition coefficient (Wildman–Crippen LogP) is 4.76. The Kier molecular flexibility index (Phi) is 8.27. The van der Waals surface area contributed by atoms with Gasteiger partial charge in [0.15, 0.2) is 0 Å². The number of ether oxygens (including phenoxy) is 1. The summed E-state index contributed by atoms with van der Waals surface area (Å²) in [4.78, 5) is 37.7. The summed E-state index contributed by atoms with van der Waals surface area (Å²) < 4.78 is 4.80. The number of anilines is 1. The van der Waals surface area contributed by atoms with E-state index in [0.29, 0.717) is 21.3 Å². The Morgan fingerprint density at radius 3 is 2.52 bits per heavy atom. The predicted molar refractivity (Wildman–Crippen MR) is 128 cm³/mol. The number of benzene rings is 2. The van der Waals surface area contributed by atoms with Gasteiger partial charge in [-0.05, 0) is 29.8 Å². The fourth-order valence-electron chi connectivity index (χ4n) is 3.29. The van der Waals surface area contributed by atoms with Crippen molar-refractivity contribution in [2.24, 2.45) is 5.92 Å². The highest BCUT2D eigenvalue weighted by atomic mass is 35.5. The average Bonchev–Trinajstić information content (AvgIpc) is 2.79. The molecule has 1 aliphatic heterocycles. The second-order valence-electron chi connectivity index (χ2n) is 6.81. The lowest BCUT2D eigenvalue weighted by atomic mass is 9.78. The highest BCUT2D eigenvalue weighted by molar-refractivity contribution is 8.03. The van der Waals surface area contributed by atoms with Crippen LogP contribution in [0.5, 0.6) is 0 Å². The highest BCUT2D eigenvalue weighted by Crippen LogP contribution is 2.42. The molecule has 0 aliphatic carbocycles. The summed E-state index contributed by atoms with van der Waals surface area (Å²) in [5.41, 5.74) is 0.974. The first kappa shape index (κ1) is 24.9. The van der Waals surface area contributed by atoms with Gasteiger partial charge in [0, 0.05) is 16.6 Å². The molecule has 3 rings (SSSR count). The molecule has 0 saturated heterocycles. The zero-order valence-corrected chi connectivity index (χ0v) is 20.1. The molecule has 2 aromatic rings. The van der Waals surface area contributed by atoms with Crippen LogP contribution in [0.1, 0.15) is 11.5 Å². The van der Waals surface area contributed by atoms with Crippen molar-refractivity contribution >= 4 is 70.0 Å². The quantitative estimate of drug-likeness (QED) is 0.417. The van der Waals surface area contributed by atoms with Crippen LogP contribution in [0.2, 0.25) is 15.1 Å². The number of rotatable bonds is 6.